The van der Waals surface area contributed by atoms with Gasteiger partial charge in [-0.25, -0.2) is 18.4 Å². The summed E-state index contributed by atoms with van der Waals surface area (Å²) in [6, 6.07) is 16.2. The Hall–Kier alpha value is -2.97. The summed E-state index contributed by atoms with van der Waals surface area (Å²) < 4.78 is 27.3. The Morgan fingerprint density at radius 3 is 2.59 bits per heavy atom. The lowest BCUT2D eigenvalue weighted by atomic mass is 9.78. The molecule has 3 aromatic rings. The number of rotatable bonds is 11. The largest absolute Gasteiger partial charge is 0.354 e. The van der Waals surface area contributed by atoms with Crippen LogP contribution in [-0.2, 0) is 16.4 Å². The van der Waals surface area contributed by atoms with E-state index >= 15 is 0 Å². The van der Waals surface area contributed by atoms with E-state index in [0.717, 1.165) is 54.7 Å². The van der Waals surface area contributed by atoms with Crippen LogP contribution in [0.25, 0.3) is 11.3 Å². The standard InChI is InChI=1S/C29H37N5O2S/c1-2-3-19-37(35,36)33-24-13-11-22(12-14-24)27-20-23-21-31-29(30-15-8-18-34-16-6-7-17-34)32-28(23)26-10-5-4-9-25(26)27/h4-5,9-14,21,27,33H,2-3,6-8,15-20H2,1H3,(H,30,31,32). The van der Waals surface area contributed by atoms with E-state index in [2.05, 4.69) is 44.2 Å². The molecule has 2 N–H and O–H groups in total. The molecule has 0 amide bonds. The van der Waals surface area contributed by atoms with Crippen LogP contribution in [0.15, 0.2) is 54.7 Å². The summed E-state index contributed by atoms with van der Waals surface area (Å²) in [5.74, 6) is 0.998. The van der Waals surface area contributed by atoms with Crippen LogP contribution in [0.1, 0.15) is 61.6 Å². The molecule has 5 rings (SSSR count). The molecule has 0 spiro atoms. The molecule has 2 aliphatic rings. The third-order valence-corrected chi connectivity index (χ3v) is 8.74. The molecule has 196 valence electrons. The van der Waals surface area contributed by atoms with Gasteiger partial charge >= 0.3 is 0 Å². The van der Waals surface area contributed by atoms with Crippen LogP contribution in [0.3, 0.4) is 0 Å². The van der Waals surface area contributed by atoms with Gasteiger partial charge in [-0.2, -0.15) is 0 Å². The molecule has 1 aromatic heterocycles. The van der Waals surface area contributed by atoms with Crippen molar-refractivity contribution in [2.24, 2.45) is 0 Å². The predicted molar refractivity (Wildman–Crippen MR) is 151 cm³/mol. The highest BCUT2D eigenvalue weighted by Gasteiger charge is 2.27. The summed E-state index contributed by atoms with van der Waals surface area (Å²) >= 11 is 0. The topological polar surface area (TPSA) is 87.2 Å². The molecule has 0 saturated carbocycles. The van der Waals surface area contributed by atoms with Gasteiger partial charge < -0.3 is 10.2 Å². The number of fused-ring (bicyclic) bond motifs is 3. The van der Waals surface area contributed by atoms with Gasteiger partial charge in [0.05, 0.1) is 11.4 Å². The first kappa shape index (κ1) is 25.7. The van der Waals surface area contributed by atoms with Crippen LogP contribution in [0.5, 0.6) is 0 Å². The minimum atomic E-state index is -3.32. The molecule has 0 bridgehead atoms. The van der Waals surface area contributed by atoms with E-state index in [0.29, 0.717) is 18.1 Å². The first-order valence-electron chi connectivity index (χ1n) is 13.5. The minimum absolute atomic E-state index is 0.146. The summed E-state index contributed by atoms with van der Waals surface area (Å²) in [4.78, 5) is 12.1. The van der Waals surface area contributed by atoms with Crippen LogP contribution in [0, 0.1) is 0 Å². The number of anilines is 2. The van der Waals surface area contributed by atoms with E-state index < -0.39 is 10.0 Å². The van der Waals surface area contributed by atoms with Crippen LogP contribution in [0.2, 0.25) is 0 Å². The summed E-state index contributed by atoms with van der Waals surface area (Å²) in [7, 11) is -3.32. The number of benzene rings is 2. The second kappa shape index (κ2) is 11.6. The number of likely N-dealkylation sites (tertiary alicyclic amines) is 1. The molecule has 2 aromatic carbocycles. The van der Waals surface area contributed by atoms with Gasteiger partial charge in [-0.15, -0.1) is 0 Å². The zero-order valence-electron chi connectivity index (χ0n) is 21.6. The number of unbranched alkanes of at least 4 members (excludes halogenated alkanes) is 1. The molecule has 7 nitrogen and oxygen atoms in total. The van der Waals surface area contributed by atoms with Gasteiger partial charge in [0.1, 0.15) is 0 Å². The third-order valence-electron chi connectivity index (χ3n) is 7.37. The highest BCUT2D eigenvalue weighted by Crippen LogP contribution is 2.42. The van der Waals surface area contributed by atoms with E-state index in [1.165, 1.54) is 31.5 Å². The number of nitrogens with one attached hydrogen (secondary N) is 2. The van der Waals surface area contributed by atoms with Gasteiger partial charge in [0.15, 0.2) is 0 Å². The predicted octanol–water partition coefficient (Wildman–Crippen LogP) is 5.27. The summed E-state index contributed by atoms with van der Waals surface area (Å²) in [5.41, 5.74) is 6.28. The highest BCUT2D eigenvalue weighted by atomic mass is 32.2. The van der Waals surface area contributed by atoms with Crippen molar-refractivity contribution in [3.8, 4) is 11.3 Å². The second-order valence-corrected chi connectivity index (χ2v) is 12.0. The SMILES string of the molecule is CCCCS(=O)(=O)Nc1ccc(C2Cc3cnc(NCCCN4CCCC4)nc3-c3ccccc32)cc1. The lowest BCUT2D eigenvalue weighted by Crippen LogP contribution is -2.22. The lowest BCUT2D eigenvalue weighted by molar-refractivity contribution is 0.337. The maximum atomic E-state index is 12.3. The van der Waals surface area contributed by atoms with Crippen LogP contribution in [-0.4, -0.2) is 55.2 Å². The van der Waals surface area contributed by atoms with Crippen LogP contribution in [0.4, 0.5) is 11.6 Å². The average molecular weight is 520 g/mol. The van der Waals surface area contributed by atoms with Crippen LogP contribution >= 0.6 is 0 Å². The fourth-order valence-electron chi connectivity index (χ4n) is 5.38. The maximum absolute atomic E-state index is 12.3. The highest BCUT2D eigenvalue weighted by molar-refractivity contribution is 7.92. The number of hydrogen-bond donors (Lipinski definition) is 2. The Morgan fingerprint density at radius 2 is 1.81 bits per heavy atom. The van der Waals surface area contributed by atoms with Crippen molar-refractivity contribution in [1.29, 1.82) is 0 Å². The van der Waals surface area contributed by atoms with Crippen molar-refractivity contribution in [3.63, 3.8) is 0 Å². The third kappa shape index (κ3) is 6.30. The summed E-state index contributed by atoms with van der Waals surface area (Å²) in [6.45, 7) is 6.44. The van der Waals surface area contributed by atoms with Crippen molar-refractivity contribution >= 4 is 21.7 Å². The molecule has 37 heavy (non-hydrogen) atoms. The van der Waals surface area contributed by atoms with Gasteiger partial charge in [0.2, 0.25) is 16.0 Å². The second-order valence-electron chi connectivity index (χ2n) is 10.1. The Bertz CT molecular complexity index is 1300. The Kier molecular flexibility index (Phi) is 8.05. The monoisotopic (exact) mass is 519 g/mol. The molecular weight excluding hydrogens is 482 g/mol. The number of sulfonamides is 1. The molecule has 1 aliphatic carbocycles. The molecule has 8 heteroatoms. The average Bonchev–Trinajstić information content (AvgIpc) is 3.43. The van der Waals surface area contributed by atoms with Crippen molar-refractivity contribution in [1.82, 2.24) is 14.9 Å². The van der Waals surface area contributed by atoms with Gasteiger partial charge in [-0.1, -0.05) is 49.7 Å². The number of hydrogen-bond acceptors (Lipinski definition) is 6. The smallest absolute Gasteiger partial charge is 0.232 e. The minimum Gasteiger partial charge on any atom is -0.354 e. The van der Waals surface area contributed by atoms with E-state index in [-0.39, 0.29) is 11.7 Å². The van der Waals surface area contributed by atoms with E-state index in [1.807, 2.05) is 37.4 Å². The first-order chi connectivity index (χ1) is 18.0. The first-order valence-corrected chi connectivity index (χ1v) is 15.2. The Morgan fingerprint density at radius 1 is 1.03 bits per heavy atom. The van der Waals surface area contributed by atoms with Gasteiger partial charge in [-0.3, -0.25) is 4.72 Å². The van der Waals surface area contributed by atoms with Crippen molar-refractivity contribution in [2.75, 3.05) is 42.0 Å². The Balaban J connectivity index is 1.29. The fourth-order valence-corrected chi connectivity index (χ4v) is 6.64. The number of nitrogens with zero attached hydrogens (tertiary/aromatic N) is 3. The summed E-state index contributed by atoms with van der Waals surface area (Å²) in [6.07, 6.45) is 8.01. The summed E-state index contributed by atoms with van der Waals surface area (Å²) in [5, 5.41) is 3.42. The van der Waals surface area contributed by atoms with Crippen molar-refractivity contribution in [2.45, 2.75) is 51.4 Å². The zero-order valence-corrected chi connectivity index (χ0v) is 22.4. The van der Waals surface area contributed by atoms with Gasteiger partial charge in [-0.05, 0) is 80.6 Å². The van der Waals surface area contributed by atoms with Gasteiger partial charge in [0, 0.05) is 29.9 Å². The van der Waals surface area contributed by atoms with Gasteiger partial charge in [0.25, 0.3) is 0 Å². The molecule has 1 atom stereocenters. The molecule has 1 saturated heterocycles. The van der Waals surface area contributed by atoms with E-state index in [4.69, 9.17) is 4.98 Å². The lowest BCUT2D eigenvalue weighted by Gasteiger charge is -2.27. The van der Waals surface area contributed by atoms with E-state index in [9.17, 15) is 8.42 Å². The maximum Gasteiger partial charge on any atom is 0.232 e. The zero-order chi connectivity index (χ0) is 25.7. The van der Waals surface area contributed by atoms with E-state index in [1.54, 1.807) is 0 Å². The molecule has 1 fully saturated rings. The fraction of sp³-hybridized carbons (Fsp3) is 0.448. The molecule has 0 radical (unpaired) electrons. The molecule has 1 unspecified atom stereocenters. The molecule has 1 aliphatic heterocycles. The Labute approximate surface area is 220 Å². The van der Waals surface area contributed by atoms with Crippen molar-refractivity contribution in [3.05, 3.63) is 71.4 Å². The number of aromatic nitrogens is 2. The van der Waals surface area contributed by atoms with Crippen molar-refractivity contribution < 1.29 is 8.42 Å². The quantitative estimate of drug-likeness (QED) is 0.336. The van der Waals surface area contributed by atoms with Crippen LogP contribution < -0.4 is 10.0 Å². The molecule has 2 heterocycles. The normalized spacial score (nSPS) is 17.3. The molecular formula is C29H37N5O2S.